The average Bonchev–Trinajstić information content (AvgIpc) is 2.13. The Labute approximate surface area is 123 Å². The molecule has 0 bridgehead atoms. The molecule has 0 aliphatic rings. The molecule has 0 saturated carbocycles. The van der Waals surface area contributed by atoms with Gasteiger partial charge in [0.2, 0.25) is 5.91 Å². The molecule has 1 amide bonds. The number of halogens is 1. The minimum absolute atomic E-state index is 0. The molecular formula is C12H27ClN2O3S. The summed E-state index contributed by atoms with van der Waals surface area (Å²) in [5, 5.41) is 2.90. The second-order valence-electron chi connectivity index (χ2n) is 5.64. The van der Waals surface area contributed by atoms with E-state index in [1.54, 1.807) is 0 Å². The summed E-state index contributed by atoms with van der Waals surface area (Å²) < 4.78 is 21.9. The maximum absolute atomic E-state index is 11.7. The van der Waals surface area contributed by atoms with E-state index in [4.69, 9.17) is 5.73 Å². The van der Waals surface area contributed by atoms with Crippen LogP contribution in [0.4, 0.5) is 0 Å². The molecule has 0 spiro atoms. The number of carbonyl (C=O) groups is 1. The van der Waals surface area contributed by atoms with Crippen LogP contribution in [0.2, 0.25) is 0 Å². The first-order chi connectivity index (χ1) is 8.08. The van der Waals surface area contributed by atoms with E-state index in [2.05, 4.69) is 19.2 Å². The van der Waals surface area contributed by atoms with Crippen molar-refractivity contribution in [3.63, 3.8) is 0 Å². The third-order valence-corrected chi connectivity index (χ3v) is 3.70. The third kappa shape index (κ3) is 11.2. The summed E-state index contributed by atoms with van der Waals surface area (Å²) in [5.41, 5.74) is 5.28. The summed E-state index contributed by atoms with van der Waals surface area (Å²) >= 11 is 0. The predicted octanol–water partition coefficient (Wildman–Crippen LogP) is 1.11. The molecule has 7 heteroatoms. The molecule has 3 N–H and O–H groups in total. The number of nitrogens with one attached hydrogen (secondary N) is 1. The summed E-state index contributed by atoms with van der Waals surface area (Å²) in [4.78, 5) is 11.7. The first kappa shape index (κ1) is 21.0. The molecule has 116 valence electrons. The Hall–Kier alpha value is -0.330. The lowest BCUT2D eigenvalue weighted by atomic mass is 9.90. The van der Waals surface area contributed by atoms with Crippen LogP contribution in [-0.4, -0.2) is 38.4 Å². The van der Waals surface area contributed by atoms with Gasteiger partial charge in [-0.15, -0.1) is 12.4 Å². The molecule has 0 saturated heterocycles. The Bertz CT molecular complexity index is 371. The summed E-state index contributed by atoms with van der Waals surface area (Å²) in [7, 11) is -2.99. The fraction of sp³-hybridized carbons (Fsp3) is 0.917. The Balaban J connectivity index is 0. The number of nitrogens with two attached hydrogens (primary N) is 1. The van der Waals surface area contributed by atoms with Crippen molar-refractivity contribution in [3.05, 3.63) is 0 Å². The highest BCUT2D eigenvalue weighted by molar-refractivity contribution is 7.90. The molecule has 0 aliphatic heterocycles. The van der Waals surface area contributed by atoms with Crippen molar-refractivity contribution in [1.82, 2.24) is 5.32 Å². The first-order valence-electron chi connectivity index (χ1n) is 6.27. The van der Waals surface area contributed by atoms with Crippen molar-refractivity contribution < 1.29 is 13.2 Å². The molecular weight excluding hydrogens is 288 g/mol. The third-order valence-electron chi connectivity index (χ3n) is 2.67. The van der Waals surface area contributed by atoms with Gasteiger partial charge < -0.3 is 11.1 Å². The highest BCUT2D eigenvalue weighted by atomic mass is 35.5. The zero-order valence-electron chi connectivity index (χ0n) is 12.2. The van der Waals surface area contributed by atoms with Crippen LogP contribution < -0.4 is 11.1 Å². The standard InChI is InChI=1S/C12H26N2O3S.ClH/c1-10(2)8-12(3,9-13)14-11(15)6-5-7-18(4,16)17;/h10H,5-9,13H2,1-4H3,(H,14,15);1H. The smallest absolute Gasteiger partial charge is 0.220 e. The molecule has 0 aromatic heterocycles. The number of sulfone groups is 1. The highest BCUT2D eigenvalue weighted by Crippen LogP contribution is 2.15. The second kappa shape index (κ2) is 8.76. The van der Waals surface area contributed by atoms with E-state index in [0.717, 1.165) is 6.42 Å². The number of hydrogen-bond acceptors (Lipinski definition) is 4. The molecule has 0 radical (unpaired) electrons. The number of hydrogen-bond donors (Lipinski definition) is 2. The fourth-order valence-corrected chi connectivity index (χ4v) is 2.65. The Morgan fingerprint density at radius 3 is 2.26 bits per heavy atom. The average molecular weight is 315 g/mol. The Kier molecular flexibility index (Phi) is 9.68. The van der Waals surface area contributed by atoms with Crippen LogP contribution in [0.25, 0.3) is 0 Å². The van der Waals surface area contributed by atoms with Gasteiger partial charge in [0.1, 0.15) is 9.84 Å². The number of rotatable bonds is 8. The first-order valence-corrected chi connectivity index (χ1v) is 8.33. The van der Waals surface area contributed by atoms with E-state index in [0.29, 0.717) is 18.9 Å². The van der Waals surface area contributed by atoms with Crippen molar-refractivity contribution in [2.24, 2.45) is 11.7 Å². The molecule has 0 aromatic carbocycles. The van der Waals surface area contributed by atoms with Gasteiger partial charge in [0.15, 0.2) is 0 Å². The van der Waals surface area contributed by atoms with Gasteiger partial charge in [0.05, 0.1) is 5.75 Å². The van der Waals surface area contributed by atoms with E-state index < -0.39 is 15.4 Å². The van der Waals surface area contributed by atoms with E-state index >= 15 is 0 Å². The maximum Gasteiger partial charge on any atom is 0.220 e. The van der Waals surface area contributed by atoms with Gasteiger partial charge in [-0.2, -0.15) is 0 Å². The van der Waals surface area contributed by atoms with Gasteiger partial charge in [0.25, 0.3) is 0 Å². The molecule has 1 unspecified atom stereocenters. The largest absolute Gasteiger partial charge is 0.350 e. The fourth-order valence-electron chi connectivity index (χ4n) is 1.98. The lowest BCUT2D eigenvalue weighted by Crippen LogP contribution is -2.52. The SMILES string of the molecule is CC(C)CC(C)(CN)NC(=O)CCCS(C)(=O)=O.Cl. The summed E-state index contributed by atoms with van der Waals surface area (Å²) in [5.74, 6) is 0.353. The van der Waals surface area contributed by atoms with Crippen LogP contribution in [-0.2, 0) is 14.6 Å². The van der Waals surface area contributed by atoms with E-state index in [9.17, 15) is 13.2 Å². The minimum Gasteiger partial charge on any atom is -0.350 e. The molecule has 0 fully saturated rings. The molecule has 0 rings (SSSR count). The van der Waals surface area contributed by atoms with Crippen LogP contribution in [0.5, 0.6) is 0 Å². The Morgan fingerprint density at radius 1 is 1.37 bits per heavy atom. The summed E-state index contributed by atoms with van der Waals surface area (Å²) in [6.45, 7) is 6.44. The lowest BCUT2D eigenvalue weighted by Gasteiger charge is -2.31. The van der Waals surface area contributed by atoms with Crippen LogP contribution in [0, 0.1) is 5.92 Å². The maximum atomic E-state index is 11.7. The van der Waals surface area contributed by atoms with Crippen molar-refractivity contribution in [1.29, 1.82) is 0 Å². The van der Waals surface area contributed by atoms with Gasteiger partial charge in [-0.1, -0.05) is 13.8 Å². The number of carbonyl (C=O) groups excluding carboxylic acids is 1. The Morgan fingerprint density at radius 2 is 1.89 bits per heavy atom. The summed E-state index contributed by atoms with van der Waals surface area (Å²) in [6.07, 6.45) is 2.56. The summed E-state index contributed by atoms with van der Waals surface area (Å²) in [6, 6.07) is 0. The van der Waals surface area contributed by atoms with E-state index in [1.165, 1.54) is 6.26 Å². The van der Waals surface area contributed by atoms with Crippen LogP contribution in [0.3, 0.4) is 0 Å². The van der Waals surface area contributed by atoms with Gasteiger partial charge in [-0.3, -0.25) is 4.79 Å². The number of amides is 1. The van der Waals surface area contributed by atoms with Gasteiger partial charge in [-0.05, 0) is 25.7 Å². The van der Waals surface area contributed by atoms with Crippen LogP contribution in [0.1, 0.15) is 40.0 Å². The van der Waals surface area contributed by atoms with Gasteiger partial charge in [0, 0.05) is 24.8 Å². The van der Waals surface area contributed by atoms with Crippen LogP contribution >= 0.6 is 12.4 Å². The zero-order chi connectivity index (χ0) is 14.4. The van der Waals surface area contributed by atoms with Gasteiger partial charge >= 0.3 is 0 Å². The van der Waals surface area contributed by atoms with Crippen LogP contribution in [0.15, 0.2) is 0 Å². The molecule has 0 aromatic rings. The topological polar surface area (TPSA) is 89.3 Å². The minimum atomic E-state index is -2.99. The molecule has 0 aliphatic carbocycles. The zero-order valence-corrected chi connectivity index (χ0v) is 13.9. The van der Waals surface area contributed by atoms with E-state index in [-0.39, 0.29) is 30.5 Å². The predicted molar refractivity (Wildman–Crippen MR) is 81.2 cm³/mol. The monoisotopic (exact) mass is 314 g/mol. The van der Waals surface area contributed by atoms with Gasteiger partial charge in [-0.25, -0.2) is 8.42 Å². The van der Waals surface area contributed by atoms with Crippen molar-refractivity contribution in [2.75, 3.05) is 18.6 Å². The molecule has 19 heavy (non-hydrogen) atoms. The van der Waals surface area contributed by atoms with Crippen molar-refractivity contribution in [3.8, 4) is 0 Å². The van der Waals surface area contributed by atoms with Crippen molar-refractivity contribution in [2.45, 2.75) is 45.6 Å². The normalized spacial score (nSPS) is 14.6. The lowest BCUT2D eigenvalue weighted by molar-refractivity contribution is -0.122. The second-order valence-corrected chi connectivity index (χ2v) is 7.90. The quantitative estimate of drug-likeness (QED) is 0.702. The van der Waals surface area contributed by atoms with Crippen molar-refractivity contribution >= 4 is 28.2 Å². The molecule has 1 atom stereocenters. The highest BCUT2D eigenvalue weighted by Gasteiger charge is 2.25. The molecule has 5 nitrogen and oxygen atoms in total. The molecule has 0 heterocycles. The van der Waals surface area contributed by atoms with E-state index in [1.807, 2.05) is 6.92 Å².